The van der Waals surface area contributed by atoms with E-state index in [1.54, 1.807) is 6.20 Å². The monoisotopic (exact) mass is 1280 g/mol. The van der Waals surface area contributed by atoms with Crippen LogP contribution in [0.5, 0.6) is 0 Å². The van der Waals surface area contributed by atoms with Crippen molar-refractivity contribution in [2.24, 2.45) is 0 Å². The summed E-state index contributed by atoms with van der Waals surface area (Å²) in [4.78, 5) is 29.4. The predicted molar refractivity (Wildman–Crippen MR) is 389 cm³/mol. The molecule has 0 saturated carbocycles. The third kappa shape index (κ3) is 14.1. The van der Waals surface area contributed by atoms with Crippen LogP contribution in [0.3, 0.4) is 0 Å². The average Bonchev–Trinajstić information content (AvgIpc) is 0.984. The number of rotatable bonds is 12. The van der Waals surface area contributed by atoms with E-state index < -0.39 is 18.3 Å². The van der Waals surface area contributed by atoms with E-state index in [1.165, 1.54) is 0 Å². The van der Waals surface area contributed by atoms with Gasteiger partial charge in [-0.15, -0.1) is 0 Å². The Morgan fingerprint density at radius 1 is 0.266 bits per heavy atom. The van der Waals surface area contributed by atoms with Crippen LogP contribution in [0.15, 0.2) is 332 Å². The molecule has 15 rings (SSSR count). The van der Waals surface area contributed by atoms with Crippen molar-refractivity contribution in [2.75, 3.05) is 0 Å². The first kappa shape index (κ1) is 62.0. The maximum atomic E-state index is 6.29. The molecule has 1 saturated heterocycles. The third-order valence-corrected chi connectivity index (χ3v) is 17.5. The Bertz CT molecular complexity index is 4760. The van der Waals surface area contributed by atoms with Crippen LogP contribution in [0.2, 0.25) is 0 Å². The minimum Gasteiger partial charge on any atom is -0.399 e. The molecular formula is C84H66BBrN6O2. The zero-order valence-corrected chi connectivity index (χ0v) is 54.2. The fourth-order valence-electron chi connectivity index (χ4n) is 11.3. The number of halogens is 1. The van der Waals surface area contributed by atoms with E-state index in [9.17, 15) is 0 Å². The largest absolute Gasteiger partial charge is 0.494 e. The first-order chi connectivity index (χ1) is 46.0. The van der Waals surface area contributed by atoms with Gasteiger partial charge in [0.15, 0.2) is 11.6 Å². The molecule has 1 aliphatic rings. The van der Waals surface area contributed by atoms with E-state index in [4.69, 9.17) is 29.2 Å². The molecule has 0 radical (unpaired) electrons. The molecule has 454 valence electrons. The van der Waals surface area contributed by atoms with Gasteiger partial charge in [0.25, 0.3) is 0 Å². The zero-order chi connectivity index (χ0) is 64.3. The van der Waals surface area contributed by atoms with Crippen molar-refractivity contribution < 1.29 is 9.31 Å². The molecule has 0 aliphatic carbocycles. The molecule has 0 unspecified atom stereocenters. The van der Waals surface area contributed by atoms with Gasteiger partial charge in [0, 0.05) is 72.5 Å². The number of hydrogen-bond donors (Lipinski definition) is 0. The molecule has 5 heterocycles. The third-order valence-electron chi connectivity index (χ3n) is 17.0. The smallest absolute Gasteiger partial charge is 0.399 e. The molecule has 0 atom stereocenters. The Morgan fingerprint density at radius 3 is 0.862 bits per heavy atom. The summed E-state index contributed by atoms with van der Waals surface area (Å²) in [5.41, 5.74) is 20.6. The van der Waals surface area contributed by atoms with Gasteiger partial charge >= 0.3 is 7.12 Å². The summed E-state index contributed by atoms with van der Waals surface area (Å²) < 4.78 is 13.7. The van der Waals surface area contributed by atoms with E-state index in [0.717, 1.165) is 122 Å². The van der Waals surface area contributed by atoms with Crippen LogP contribution >= 0.6 is 15.9 Å². The van der Waals surface area contributed by atoms with Gasteiger partial charge in [0.05, 0.1) is 45.4 Å². The number of benzene rings is 10. The second kappa shape index (κ2) is 28.3. The van der Waals surface area contributed by atoms with Gasteiger partial charge in [-0.25, -0.2) is 19.9 Å². The van der Waals surface area contributed by atoms with Crippen LogP contribution in [-0.4, -0.2) is 48.2 Å². The summed E-state index contributed by atoms with van der Waals surface area (Å²) in [6.45, 7) is 8.30. The van der Waals surface area contributed by atoms with Gasteiger partial charge in [0.1, 0.15) is 0 Å². The topological polar surface area (TPSA) is 95.8 Å². The maximum Gasteiger partial charge on any atom is 0.494 e. The molecule has 0 bridgehead atoms. The molecule has 10 heteroatoms. The Hall–Kier alpha value is -10.9. The fourth-order valence-corrected chi connectivity index (χ4v) is 11.5. The Balaban J connectivity index is 0.000000144. The summed E-state index contributed by atoms with van der Waals surface area (Å²) >= 11 is 3.40. The van der Waals surface area contributed by atoms with Gasteiger partial charge in [0.2, 0.25) is 0 Å². The van der Waals surface area contributed by atoms with Crippen molar-refractivity contribution in [1.29, 1.82) is 0 Å². The predicted octanol–water partition coefficient (Wildman–Crippen LogP) is 20.8. The molecule has 0 amide bonds. The van der Waals surface area contributed by atoms with E-state index in [-0.39, 0.29) is 0 Å². The highest BCUT2D eigenvalue weighted by Crippen LogP contribution is 2.43. The standard InChI is InChI=1S/C39H27N3.C34H31BN2O2.C11H8BrN/c1-4-12-31(13-5-1)36-37(32-14-6-2-7-15-32)41-39(34-16-8-3-9-17-34)42-38(36)33-25-21-29(22-26-33)28-19-23-30(24-20-28)35-18-10-11-27-40-35;1-33(2)34(3,4)39-35(38-33)28-22-20-26(21-23-28)31-29(24-14-8-5-9-15-24)30(25-16-10-6-11-17-25)36-32(37-31)27-18-12-7-13-19-27;12-10-6-4-9(5-7-10)11-3-1-2-8-13-11/h1-27H;5-23H,1-4H3;1-8H. The maximum absolute atomic E-state index is 6.29. The molecule has 0 N–H and O–H groups in total. The zero-order valence-electron chi connectivity index (χ0n) is 52.6. The highest BCUT2D eigenvalue weighted by Gasteiger charge is 2.51. The normalized spacial score (nSPS) is 12.8. The van der Waals surface area contributed by atoms with Gasteiger partial charge < -0.3 is 9.31 Å². The minimum absolute atomic E-state index is 0.390. The lowest BCUT2D eigenvalue weighted by molar-refractivity contribution is 0.00578. The molecule has 4 aromatic heterocycles. The second-order valence-corrected chi connectivity index (χ2v) is 24.7. The fraction of sp³-hybridized carbons (Fsp3) is 0.0714. The summed E-state index contributed by atoms with van der Waals surface area (Å²) in [5, 5.41) is 0. The van der Waals surface area contributed by atoms with E-state index in [2.05, 4.69) is 236 Å². The number of nitrogens with zero attached hydrogens (tertiary/aromatic N) is 6. The van der Waals surface area contributed by atoms with E-state index >= 15 is 0 Å². The SMILES string of the molecule is Brc1ccc(-c2ccccn2)cc1.CC1(C)OB(c2ccc(-c3nc(-c4ccccc4)nc(-c4ccccc4)c3-c3ccccc3)cc2)OC1(C)C.c1ccc(-c2nc(-c3ccccc3)c(-c3ccccc3)c(-c3ccc(-c4ccc(-c5ccccn5)cc4)cc3)n2)cc1. The lowest BCUT2D eigenvalue weighted by atomic mass is 9.78. The van der Waals surface area contributed by atoms with Crippen LogP contribution in [0.25, 0.3) is 124 Å². The summed E-state index contributed by atoms with van der Waals surface area (Å²) in [7, 11) is -0.414. The van der Waals surface area contributed by atoms with Gasteiger partial charge in [-0.05, 0) is 91.8 Å². The first-order valence-electron chi connectivity index (χ1n) is 31.4. The Labute approximate surface area is 559 Å². The Kier molecular flexibility index (Phi) is 18.7. The minimum atomic E-state index is -0.414. The summed E-state index contributed by atoms with van der Waals surface area (Å²) in [5.74, 6) is 1.40. The highest BCUT2D eigenvalue weighted by molar-refractivity contribution is 9.10. The molecule has 0 spiro atoms. The van der Waals surface area contributed by atoms with Gasteiger partial charge in [-0.1, -0.05) is 295 Å². The molecule has 1 fully saturated rings. The van der Waals surface area contributed by atoms with Gasteiger partial charge in [-0.2, -0.15) is 0 Å². The quantitative estimate of drug-likeness (QED) is 0.112. The molecule has 14 aromatic rings. The van der Waals surface area contributed by atoms with Crippen molar-refractivity contribution >= 4 is 28.5 Å². The van der Waals surface area contributed by atoms with Crippen LogP contribution in [0.4, 0.5) is 0 Å². The molecule has 94 heavy (non-hydrogen) atoms. The van der Waals surface area contributed by atoms with Crippen LogP contribution in [0.1, 0.15) is 27.7 Å². The lowest BCUT2D eigenvalue weighted by Crippen LogP contribution is -2.41. The summed E-state index contributed by atoms with van der Waals surface area (Å²) in [6, 6.07) is 108. The first-order valence-corrected chi connectivity index (χ1v) is 32.2. The van der Waals surface area contributed by atoms with Crippen molar-refractivity contribution in [3.05, 3.63) is 332 Å². The molecule has 10 aromatic carbocycles. The number of pyridine rings is 2. The van der Waals surface area contributed by atoms with Crippen molar-refractivity contribution in [3.63, 3.8) is 0 Å². The average molecular weight is 1280 g/mol. The highest BCUT2D eigenvalue weighted by atomic mass is 79.9. The van der Waals surface area contributed by atoms with Crippen LogP contribution < -0.4 is 5.46 Å². The van der Waals surface area contributed by atoms with Crippen LogP contribution in [-0.2, 0) is 9.31 Å². The lowest BCUT2D eigenvalue weighted by Gasteiger charge is -2.32. The van der Waals surface area contributed by atoms with Crippen LogP contribution in [0, 0.1) is 0 Å². The van der Waals surface area contributed by atoms with E-state index in [0.29, 0.717) is 11.6 Å². The van der Waals surface area contributed by atoms with E-state index in [1.807, 2.05) is 140 Å². The van der Waals surface area contributed by atoms with Crippen molar-refractivity contribution in [3.8, 4) is 124 Å². The number of hydrogen-bond acceptors (Lipinski definition) is 8. The molecular weight excluding hydrogens is 1220 g/mol. The molecule has 8 nitrogen and oxygen atoms in total. The number of aromatic nitrogens is 6. The van der Waals surface area contributed by atoms with Crippen molar-refractivity contribution in [2.45, 2.75) is 38.9 Å². The molecule has 1 aliphatic heterocycles. The van der Waals surface area contributed by atoms with Crippen molar-refractivity contribution in [1.82, 2.24) is 29.9 Å². The van der Waals surface area contributed by atoms with Gasteiger partial charge in [-0.3, -0.25) is 9.97 Å². The second-order valence-electron chi connectivity index (χ2n) is 23.7. The summed E-state index contributed by atoms with van der Waals surface area (Å²) in [6.07, 6.45) is 3.63. The Morgan fingerprint density at radius 2 is 0.532 bits per heavy atom.